The lowest BCUT2D eigenvalue weighted by Crippen LogP contribution is -2.12. The number of benzene rings is 1. The summed E-state index contributed by atoms with van der Waals surface area (Å²) >= 11 is 0. The summed E-state index contributed by atoms with van der Waals surface area (Å²) in [5.74, 6) is 0. The summed E-state index contributed by atoms with van der Waals surface area (Å²) in [7, 11) is 0. The molecule has 0 aliphatic carbocycles. The number of cyclic esters (lactones) is 1. The summed E-state index contributed by atoms with van der Waals surface area (Å²) in [6.07, 6.45) is -0.576. The third-order valence-corrected chi connectivity index (χ3v) is 2.59. The van der Waals surface area contributed by atoms with Gasteiger partial charge in [0, 0.05) is 0 Å². The highest BCUT2D eigenvalue weighted by Crippen LogP contribution is 2.23. The van der Waals surface area contributed by atoms with Crippen molar-refractivity contribution in [2.24, 2.45) is 0 Å². The molecule has 0 saturated carbocycles. The highest BCUT2D eigenvalue weighted by atomic mass is 16.6. The highest BCUT2D eigenvalue weighted by molar-refractivity contribution is 5.69. The normalized spacial score (nSPS) is 19.9. The Morgan fingerprint density at radius 2 is 2.40 bits per heavy atom. The molecule has 0 radical (unpaired) electrons. The number of hydrogen-bond donors (Lipinski definition) is 2. The lowest BCUT2D eigenvalue weighted by atomic mass is 10.0. The Bertz CT molecular complexity index is 389. The van der Waals surface area contributed by atoms with Crippen LogP contribution in [0.5, 0.6) is 0 Å². The van der Waals surface area contributed by atoms with Gasteiger partial charge in [-0.05, 0) is 23.6 Å². The van der Waals surface area contributed by atoms with E-state index in [-0.39, 0.29) is 18.8 Å². The maximum atomic E-state index is 10.9. The molecule has 0 bridgehead atoms. The van der Waals surface area contributed by atoms with Crippen LogP contribution in [-0.2, 0) is 11.3 Å². The lowest BCUT2D eigenvalue weighted by molar-refractivity contribution is 0.141. The van der Waals surface area contributed by atoms with Crippen molar-refractivity contribution in [2.75, 3.05) is 6.54 Å². The molecule has 1 fully saturated rings. The van der Waals surface area contributed by atoms with Crippen LogP contribution in [0.4, 0.5) is 4.79 Å². The van der Waals surface area contributed by atoms with E-state index in [1.54, 1.807) is 0 Å². The number of nitrogens with one attached hydrogen (secondary N) is 1. The molecule has 2 rings (SSSR count). The average Bonchev–Trinajstić information content (AvgIpc) is 2.65. The summed E-state index contributed by atoms with van der Waals surface area (Å²) in [6, 6.07) is 5.68. The molecular weight excluding hydrogens is 194 g/mol. The molecule has 1 saturated heterocycles. The van der Waals surface area contributed by atoms with Crippen LogP contribution in [0, 0.1) is 6.92 Å². The predicted molar refractivity (Wildman–Crippen MR) is 54.3 cm³/mol. The Labute approximate surface area is 87.9 Å². The quantitative estimate of drug-likeness (QED) is 0.767. The third-order valence-electron chi connectivity index (χ3n) is 2.59. The maximum Gasteiger partial charge on any atom is 0.407 e. The summed E-state index contributed by atoms with van der Waals surface area (Å²) in [5.41, 5.74) is 2.87. The zero-order chi connectivity index (χ0) is 10.8. The zero-order valence-corrected chi connectivity index (χ0v) is 8.49. The van der Waals surface area contributed by atoms with Crippen molar-refractivity contribution < 1.29 is 14.6 Å². The molecular formula is C11H13NO3. The van der Waals surface area contributed by atoms with Crippen LogP contribution in [0.25, 0.3) is 0 Å². The van der Waals surface area contributed by atoms with E-state index in [2.05, 4.69) is 5.32 Å². The third kappa shape index (κ3) is 1.94. The van der Waals surface area contributed by atoms with Gasteiger partial charge in [-0.1, -0.05) is 18.2 Å². The van der Waals surface area contributed by atoms with Gasteiger partial charge in [0.2, 0.25) is 0 Å². The van der Waals surface area contributed by atoms with Gasteiger partial charge in [-0.3, -0.25) is 0 Å². The summed E-state index contributed by atoms with van der Waals surface area (Å²) in [4.78, 5) is 10.9. The van der Waals surface area contributed by atoms with E-state index >= 15 is 0 Å². The molecule has 1 aliphatic heterocycles. The molecule has 1 atom stereocenters. The zero-order valence-electron chi connectivity index (χ0n) is 8.49. The fraction of sp³-hybridized carbons (Fsp3) is 0.364. The molecule has 1 aromatic rings. The van der Waals surface area contributed by atoms with Crippen molar-refractivity contribution in [1.29, 1.82) is 0 Å². The van der Waals surface area contributed by atoms with Crippen LogP contribution in [-0.4, -0.2) is 17.7 Å². The van der Waals surface area contributed by atoms with Gasteiger partial charge in [-0.2, -0.15) is 0 Å². The second-order valence-corrected chi connectivity index (χ2v) is 3.62. The fourth-order valence-electron chi connectivity index (χ4n) is 1.67. The van der Waals surface area contributed by atoms with Crippen LogP contribution in [0.15, 0.2) is 18.2 Å². The van der Waals surface area contributed by atoms with E-state index in [0.29, 0.717) is 6.54 Å². The van der Waals surface area contributed by atoms with Gasteiger partial charge in [-0.15, -0.1) is 0 Å². The van der Waals surface area contributed by atoms with E-state index in [1.807, 2.05) is 25.1 Å². The van der Waals surface area contributed by atoms with Crippen LogP contribution in [0.2, 0.25) is 0 Å². The van der Waals surface area contributed by atoms with Crippen molar-refractivity contribution in [3.8, 4) is 0 Å². The second kappa shape index (κ2) is 3.90. The molecule has 1 amide bonds. The number of aryl methyl sites for hydroxylation is 1. The summed E-state index contributed by atoms with van der Waals surface area (Å²) < 4.78 is 5.06. The average molecular weight is 207 g/mol. The molecule has 1 heterocycles. The Morgan fingerprint density at radius 3 is 2.93 bits per heavy atom. The lowest BCUT2D eigenvalue weighted by Gasteiger charge is -2.10. The molecule has 4 heteroatoms. The van der Waals surface area contributed by atoms with E-state index in [4.69, 9.17) is 9.84 Å². The Kier molecular flexibility index (Phi) is 2.60. The number of amides is 1. The molecule has 4 nitrogen and oxygen atoms in total. The highest BCUT2D eigenvalue weighted by Gasteiger charge is 2.24. The first-order chi connectivity index (χ1) is 7.20. The van der Waals surface area contributed by atoms with Crippen LogP contribution in [0.3, 0.4) is 0 Å². The smallest absolute Gasteiger partial charge is 0.407 e. The maximum absolute atomic E-state index is 10.9. The first-order valence-corrected chi connectivity index (χ1v) is 4.85. The van der Waals surface area contributed by atoms with E-state index in [1.165, 1.54) is 0 Å². The Morgan fingerprint density at radius 1 is 1.60 bits per heavy atom. The molecule has 1 unspecified atom stereocenters. The molecule has 15 heavy (non-hydrogen) atoms. The second-order valence-electron chi connectivity index (χ2n) is 3.62. The minimum Gasteiger partial charge on any atom is -0.439 e. The Balaban J connectivity index is 2.22. The number of carbonyl (C=O) groups is 1. The first-order valence-electron chi connectivity index (χ1n) is 4.85. The molecule has 0 aromatic heterocycles. The van der Waals surface area contributed by atoms with Gasteiger partial charge >= 0.3 is 6.09 Å². The van der Waals surface area contributed by atoms with E-state index in [0.717, 1.165) is 16.7 Å². The van der Waals surface area contributed by atoms with Gasteiger partial charge in [0.1, 0.15) is 6.10 Å². The molecule has 0 spiro atoms. The van der Waals surface area contributed by atoms with Gasteiger partial charge in [0.05, 0.1) is 13.2 Å². The Hall–Kier alpha value is -1.55. The van der Waals surface area contributed by atoms with Crippen molar-refractivity contribution >= 4 is 6.09 Å². The predicted octanol–water partition coefficient (Wildman–Crippen LogP) is 1.27. The largest absolute Gasteiger partial charge is 0.439 e. The number of rotatable bonds is 2. The summed E-state index contributed by atoms with van der Waals surface area (Å²) in [6.45, 7) is 2.48. The van der Waals surface area contributed by atoms with Gasteiger partial charge < -0.3 is 15.2 Å². The van der Waals surface area contributed by atoms with Gasteiger partial charge in [0.15, 0.2) is 0 Å². The molecule has 80 valence electrons. The fourth-order valence-corrected chi connectivity index (χ4v) is 1.67. The van der Waals surface area contributed by atoms with Crippen LogP contribution < -0.4 is 5.32 Å². The van der Waals surface area contributed by atoms with Crippen molar-refractivity contribution in [2.45, 2.75) is 19.6 Å². The van der Waals surface area contributed by atoms with Gasteiger partial charge in [-0.25, -0.2) is 4.79 Å². The molecule has 2 N–H and O–H groups in total. The van der Waals surface area contributed by atoms with E-state index < -0.39 is 0 Å². The SMILES string of the molecule is Cc1cc(C2CNC(=O)O2)ccc1CO. The number of carbonyl (C=O) groups excluding carboxylic acids is 1. The number of alkyl carbamates (subject to hydrolysis) is 1. The van der Waals surface area contributed by atoms with Crippen molar-refractivity contribution in [3.63, 3.8) is 0 Å². The van der Waals surface area contributed by atoms with Crippen molar-refractivity contribution in [1.82, 2.24) is 5.32 Å². The minimum atomic E-state index is -0.371. The topological polar surface area (TPSA) is 58.6 Å². The number of aliphatic hydroxyl groups excluding tert-OH is 1. The molecule has 1 aromatic carbocycles. The summed E-state index contributed by atoms with van der Waals surface area (Å²) in [5, 5.41) is 11.6. The van der Waals surface area contributed by atoms with E-state index in [9.17, 15) is 4.79 Å². The van der Waals surface area contributed by atoms with Gasteiger partial charge in [0.25, 0.3) is 0 Å². The monoisotopic (exact) mass is 207 g/mol. The van der Waals surface area contributed by atoms with Crippen LogP contribution >= 0.6 is 0 Å². The van der Waals surface area contributed by atoms with Crippen LogP contribution in [0.1, 0.15) is 22.8 Å². The minimum absolute atomic E-state index is 0.0365. The first kappa shape index (κ1) is 9.98. The number of aliphatic hydroxyl groups is 1. The standard InChI is InChI=1S/C11H13NO3/c1-7-4-8(2-3-9(7)6-13)10-5-12-11(14)15-10/h2-4,10,13H,5-6H2,1H3,(H,12,14). The molecule has 1 aliphatic rings. The number of ether oxygens (including phenoxy) is 1. The van der Waals surface area contributed by atoms with Crippen molar-refractivity contribution in [3.05, 3.63) is 34.9 Å². The number of hydrogen-bond acceptors (Lipinski definition) is 3.